The number of rotatable bonds is 5. The van der Waals surface area contributed by atoms with Gasteiger partial charge in [-0.1, -0.05) is 25.1 Å². The highest BCUT2D eigenvalue weighted by molar-refractivity contribution is 7.11. The molecule has 1 heterocycles. The van der Waals surface area contributed by atoms with Crippen molar-refractivity contribution in [2.24, 2.45) is 0 Å². The predicted octanol–water partition coefficient (Wildman–Crippen LogP) is 3.51. The Morgan fingerprint density at radius 3 is 2.68 bits per heavy atom. The number of hydrogen-bond acceptors (Lipinski definition) is 4. The molecule has 0 fully saturated rings. The number of aromatic nitrogens is 1. The lowest BCUT2D eigenvalue weighted by Crippen LogP contribution is -2.12. The molecule has 0 unspecified atom stereocenters. The summed E-state index contributed by atoms with van der Waals surface area (Å²) in [5.41, 5.74) is 0.360. The summed E-state index contributed by atoms with van der Waals surface area (Å²) in [7, 11) is 0. The number of hydrogen-bond donors (Lipinski definition) is 1. The molecule has 3 nitrogen and oxygen atoms in total. The van der Waals surface area contributed by atoms with Crippen LogP contribution in [-0.2, 0) is 18.6 Å². The highest BCUT2D eigenvalue weighted by Crippen LogP contribution is 2.27. The van der Waals surface area contributed by atoms with Crippen molar-refractivity contribution < 1.29 is 9.84 Å². The molecule has 102 valence electrons. The second-order valence-corrected chi connectivity index (χ2v) is 6.04. The van der Waals surface area contributed by atoms with E-state index in [1.807, 2.05) is 18.2 Å². The topological polar surface area (TPSA) is 42.4 Å². The van der Waals surface area contributed by atoms with Crippen molar-refractivity contribution in [3.8, 4) is 5.75 Å². The van der Waals surface area contributed by atoms with Crippen molar-refractivity contribution in [2.75, 3.05) is 0 Å². The van der Waals surface area contributed by atoms with E-state index in [1.54, 1.807) is 20.0 Å². The van der Waals surface area contributed by atoms with E-state index in [0.29, 0.717) is 6.61 Å². The summed E-state index contributed by atoms with van der Waals surface area (Å²) in [5, 5.41) is 10.8. The Balaban J connectivity index is 2.05. The van der Waals surface area contributed by atoms with Crippen molar-refractivity contribution in [2.45, 2.75) is 39.4 Å². The van der Waals surface area contributed by atoms with Crippen LogP contribution in [0, 0.1) is 0 Å². The molecular formula is C15H19NO2S. The highest BCUT2D eigenvalue weighted by atomic mass is 32.1. The predicted molar refractivity (Wildman–Crippen MR) is 77.5 cm³/mol. The zero-order chi connectivity index (χ0) is 13.9. The molecule has 19 heavy (non-hydrogen) atoms. The number of ether oxygens (including phenoxy) is 1. The fourth-order valence-corrected chi connectivity index (χ4v) is 2.57. The van der Waals surface area contributed by atoms with Crippen LogP contribution in [0.1, 0.15) is 36.2 Å². The van der Waals surface area contributed by atoms with Crippen LogP contribution in [-0.4, -0.2) is 10.1 Å². The van der Waals surface area contributed by atoms with Gasteiger partial charge >= 0.3 is 0 Å². The van der Waals surface area contributed by atoms with Gasteiger partial charge in [0.15, 0.2) is 0 Å². The Morgan fingerprint density at radius 1 is 1.32 bits per heavy atom. The average molecular weight is 277 g/mol. The van der Waals surface area contributed by atoms with E-state index in [0.717, 1.165) is 22.1 Å². The Hall–Kier alpha value is -1.39. The minimum atomic E-state index is -0.836. The molecule has 0 aliphatic carbocycles. The summed E-state index contributed by atoms with van der Waals surface area (Å²) >= 11 is 1.49. The summed E-state index contributed by atoms with van der Waals surface area (Å²) in [6.07, 6.45) is 2.66. The summed E-state index contributed by atoms with van der Waals surface area (Å²) in [6, 6.07) is 8.03. The molecule has 0 aliphatic rings. The van der Waals surface area contributed by atoms with E-state index >= 15 is 0 Å². The minimum Gasteiger partial charge on any atom is -0.486 e. The SMILES string of the molecule is CCc1ccccc1OCc1ncc(C(C)(C)O)s1. The van der Waals surface area contributed by atoms with E-state index in [9.17, 15) is 5.11 Å². The highest BCUT2D eigenvalue weighted by Gasteiger charge is 2.19. The summed E-state index contributed by atoms with van der Waals surface area (Å²) in [4.78, 5) is 5.14. The molecule has 2 rings (SSSR count). The van der Waals surface area contributed by atoms with Crippen LogP contribution in [0.3, 0.4) is 0 Å². The van der Waals surface area contributed by atoms with Gasteiger partial charge in [0.25, 0.3) is 0 Å². The summed E-state index contributed by atoms with van der Waals surface area (Å²) in [6.45, 7) is 6.07. The molecule has 0 aliphatic heterocycles. The Labute approximate surface area is 117 Å². The van der Waals surface area contributed by atoms with Crippen LogP contribution >= 0.6 is 11.3 Å². The zero-order valence-corrected chi connectivity index (χ0v) is 12.3. The fraction of sp³-hybridized carbons (Fsp3) is 0.400. The third-order valence-corrected chi connectivity index (χ3v) is 4.14. The molecule has 0 spiro atoms. The van der Waals surface area contributed by atoms with Gasteiger partial charge in [0.1, 0.15) is 17.4 Å². The van der Waals surface area contributed by atoms with Crippen molar-refractivity contribution in [3.05, 3.63) is 45.9 Å². The van der Waals surface area contributed by atoms with Crippen LogP contribution in [0.25, 0.3) is 0 Å². The van der Waals surface area contributed by atoms with Crippen molar-refractivity contribution in [1.29, 1.82) is 0 Å². The minimum absolute atomic E-state index is 0.442. The average Bonchev–Trinajstić information content (AvgIpc) is 2.85. The standard InChI is InChI=1S/C15H19NO2S/c1-4-11-7-5-6-8-12(11)18-10-14-16-9-13(19-14)15(2,3)17/h5-9,17H,4,10H2,1-3H3. The number of aryl methyl sites for hydroxylation is 1. The number of para-hydroxylation sites is 1. The molecule has 4 heteroatoms. The van der Waals surface area contributed by atoms with E-state index in [-0.39, 0.29) is 0 Å². The second-order valence-electron chi connectivity index (χ2n) is 4.93. The molecule has 2 aromatic rings. The molecule has 0 saturated heterocycles. The van der Waals surface area contributed by atoms with Crippen molar-refractivity contribution >= 4 is 11.3 Å². The van der Waals surface area contributed by atoms with Gasteiger partial charge in [0, 0.05) is 6.20 Å². The molecular weight excluding hydrogens is 258 g/mol. The summed E-state index contributed by atoms with van der Waals surface area (Å²) < 4.78 is 5.81. The molecule has 0 saturated carbocycles. The number of nitrogens with zero attached hydrogens (tertiary/aromatic N) is 1. The maximum atomic E-state index is 9.90. The number of benzene rings is 1. The number of aliphatic hydroxyl groups is 1. The van der Waals surface area contributed by atoms with Gasteiger partial charge in [0.05, 0.1) is 10.5 Å². The molecule has 1 N–H and O–H groups in total. The quantitative estimate of drug-likeness (QED) is 0.909. The van der Waals surface area contributed by atoms with E-state index in [2.05, 4.69) is 18.0 Å². The van der Waals surface area contributed by atoms with Crippen LogP contribution < -0.4 is 4.74 Å². The Bertz CT molecular complexity index is 543. The molecule has 1 aromatic heterocycles. The van der Waals surface area contributed by atoms with Gasteiger partial charge in [-0.05, 0) is 31.9 Å². The number of thiazole rings is 1. The molecule has 1 aromatic carbocycles. The van der Waals surface area contributed by atoms with Crippen LogP contribution in [0.15, 0.2) is 30.5 Å². The molecule has 0 atom stereocenters. The van der Waals surface area contributed by atoms with Gasteiger partial charge < -0.3 is 9.84 Å². The van der Waals surface area contributed by atoms with E-state index in [1.165, 1.54) is 16.9 Å². The molecule has 0 radical (unpaired) electrons. The Kier molecular flexibility index (Phi) is 4.22. The normalized spacial score (nSPS) is 11.6. The van der Waals surface area contributed by atoms with Gasteiger partial charge in [-0.3, -0.25) is 0 Å². The van der Waals surface area contributed by atoms with Crippen molar-refractivity contribution in [3.63, 3.8) is 0 Å². The van der Waals surface area contributed by atoms with Gasteiger partial charge in [-0.25, -0.2) is 4.98 Å². The fourth-order valence-electron chi connectivity index (χ4n) is 1.74. The lowest BCUT2D eigenvalue weighted by molar-refractivity contribution is 0.0823. The lowest BCUT2D eigenvalue weighted by atomic mass is 10.1. The first kappa shape index (κ1) is 14.0. The molecule has 0 amide bonds. The first-order chi connectivity index (χ1) is 9.00. The monoisotopic (exact) mass is 277 g/mol. The maximum Gasteiger partial charge on any atom is 0.140 e. The Morgan fingerprint density at radius 2 is 2.05 bits per heavy atom. The largest absolute Gasteiger partial charge is 0.486 e. The maximum absolute atomic E-state index is 9.90. The van der Waals surface area contributed by atoms with E-state index < -0.39 is 5.60 Å². The van der Waals surface area contributed by atoms with Gasteiger partial charge in [-0.2, -0.15) is 0 Å². The zero-order valence-electron chi connectivity index (χ0n) is 11.5. The van der Waals surface area contributed by atoms with Gasteiger partial charge in [0.2, 0.25) is 0 Å². The first-order valence-electron chi connectivity index (χ1n) is 6.39. The molecule has 0 bridgehead atoms. The second kappa shape index (κ2) is 5.72. The third-order valence-electron chi connectivity index (χ3n) is 2.86. The smallest absolute Gasteiger partial charge is 0.140 e. The van der Waals surface area contributed by atoms with Crippen LogP contribution in [0.4, 0.5) is 0 Å². The van der Waals surface area contributed by atoms with E-state index in [4.69, 9.17) is 4.74 Å². The van der Waals surface area contributed by atoms with Crippen molar-refractivity contribution in [1.82, 2.24) is 4.98 Å². The van der Waals surface area contributed by atoms with Crippen LogP contribution in [0.2, 0.25) is 0 Å². The van der Waals surface area contributed by atoms with Gasteiger partial charge in [-0.15, -0.1) is 11.3 Å². The van der Waals surface area contributed by atoms with Crippen LogP contribution in [0.5, 0.6) is 5.75 Å². The lowest BCUT2D eigenvalue weighted by Gasteiger charge is -2.13. The third kappa shape index (κ3) is 3.55. The first-order valence-corrected chi connectivity index (χ1v) is 7.20. The summed E-state index contributed by atoms with van der Waals surface area (Å²) in [5.74, 6) is 0.907.